The van der Waals surface area contributed by atoms with Crippen molar-refractivity contribution in [3.8, 4) is 0 Å². The maximum absolute atomic E-state index is 11.9. The van der Waals surface area contributed by atoms with Gasteiger partial charge in [-0.15, -0.1) is 0 Å². The summed E-state index contributed by atoms with van der Waals surface area (Å²) in [6.45, 7) is 0.485. The summed E-state index contributed by atoms with van der Waals surface area (Å²) in [5.74, 6) is -0.358. The monoisotopic (exact) mass is 240 g/mol. The molecule has 2 atom stereocenters. The zero-order chi connectivity index (χ0) is 12.3. The van der Waals surface area contributed by atoms with E-state index >= 15 is 0 Å². The molecule has 2 fully saturated rings. The molecule has 5 nitrogen and oxygen atoms in total. The standard InChI is InChI=1S/C12H20N2O3/c15-11(16)8-13-12(17)14-7-3-5-9-4-1-2-6-10(9)14/h9-10H,1-8H2,(H,13,17)(H,15,16). The molecule has 1 aliphatic carbocycles. The summed E-state index contributed by atoms with van der Waals surface area (Å²) >= 11 is 0. The Hall–Kier alpha value is -1.26. The number of hydrogen-bond acceptors (Lipinski definition) is 2. The minimum atomic E-state index is -0.990. The summed E-state index contributed by atoms with van der Waals surface area (Å²) in [6, 6.07) is 0.135. The van der Waals surface area contributed by atoms with Crippen LogP contribution in [0.3, 0.4) is 0 Å². The van der Waals surface area contributed by atoms with Crippen molar-refractivity contribution in [1.82, 2.24) is 10.2 Å². The van der Waals surface area contributed by atoms with Gasteiger partial charge < -0.3 is 15.3 Å². The Balaban J connectivity index is 1.93. The van der Waals surface area contributed by atoms with Crippen molar-refractivity contribution in [2.24, 2.45) is 5.92 Å². The first-order valence-electron chi connectivity index (χ1n) is 6.45. The second kappa shape index (κ2) is 5.38. The second-order valence-corrected chi connectivity index (χ2v) is 5.00. The first kappa shape index (κ1) is 12.2. The molecule has 1 saturated heterocycles. The molecular weight excluding hydrogens is 220 g/mol. The number of carbonyl (C=O) groups excluding carboxylic acids is 1. The fourth-order valence-electron chi connectivity index (χ4n) is 3.13. The van der Waals surface area contributed by atoms with Crippen molar-refractivity contribution in [2.75, 3.05) is 13.1 Å². The van der Waals surface area contributed by atoms with E-state index in [1.165, 1.54) is 25.7 Å². The maximum Gasteiger partial charge on any atom is 0.323 e. The van der Waals surface area contributed by atoms with Gasteiger partial charge in [0.15, 0.2) is 0 Å². The molecule has 1 saturated carbocycles. The summed E-state index contributed by atoms with van der Waals surface area (Å²) in [5, 5.41) is 11.0. The Morgan fingerprint density at radius 1 is 1.18 bits per heavy atom. The molecule has 2 rings (SSSR count). The molecule has 1 aliphatic heterocycles. The van der Waals surface area contributed by atoms with Gasteiger partial charge >= 0.3 is 12.0 Å². The second-order valence-electron chi connectivity index (χ2n) is 5.00. The van der Waals surface area contributed by atoms with Gasteiger partial charge in [0.05, 0.1) is 0 Å². The summed E-state index contributed by atoms with van der Waals surface area (Å²) < 4.78 is 0. The van der Waals surface area contributed by atoms with E-state index in [1.54, 1.807) is 0 Å². The van der Waals surface area contributed by atoms with Crippen molar-refractivity contribution in [1.29, 1.82) is 0 Å². The summed E-state index contributed by atoms with van der Waals surface area (Å²) in [7, 11) is 0. The molecule has 0 radical (unpaired) electrons. The van der Waals surface area contributed by atoms with Gasteiger partial charge in [0.25, 0.3) is 0 Å². The van der Waals surface area contributed by atoms with E-state index in [4.69, 9.17) is 5.11 Å². The van der Waals surface area contributed by atoms with E-state index in [-0.39, 0.29) is 12.6 Å². The summed E-state index contributed by atoms with van der Waals surface area (Å²) in [5.41, 5.74) is 0. The lowest BCUT2D eigenvalue weighted by atomic mass is 9.78. The van der Waals surface area contributed by atoms with Gasteiger partial charge in [-0.1, -0.05) is 12.8 Å². The quantitative estimate of drug-likeness (QED) is 0.767. The Labute approximate surface area is 101 Å². The number of carboxylic acid groups (broad SMARTS) is 1. The number of urea groups is 1. The predicted octanol–water partition coefficient (Wildman–Crippen LogP) is 1.44. The number of nitrogens with one attached hydrogen (secondary N) is 1. The number of likely N-dealkylation sites (tertiary alicyclic amines) is 1. The molecule has 2 amide bonds. The van der Waals surface area contributed by atoms with Gasteiger partial charge in [0, 0.05) is 12.6 Å². The van der Waals surface area contributed by atoms with Crippen LogP contribution in [0.1, 0.15) is 38.5 Å². The van der Waals surface area contributed by atoms with Crippen LogP contribution < -0.4 is 5.32 Å². The highest BCUT2D eigenvalue weighted by atomic mass is 16.4. The number of fused-ring (bicyclic) bond motifs is 1. The molecule has 2 N–H and O–H groups in total. The predicted molar refractivity (Wildman–Crippen MR) is 62.7 cm³/mol. The van der Waals surface area contributed by atoms with E-state index in [1.807, 2.05) is 4.90 Å². The van der Waals surface area contributed by atoms with Gasteiger partial charge in [-0.05, 0) is 31.6 Å². The number of carbonyl (C=O) groups is 2. The van der Waals surface area contributed by atoms with Crippen LogP contribution in [0.25, 0.3) is 0 Å². The third-order valence-electron chi connectivity index (χ3n) is 3.89. The van der Waals surface area contributed by atoms with Crippen LogP contribution in [-0.2, 0) is 4.79 Å². The molecule has 0 bridgehead atoms. The van der Waals surface area contributed by atoms with Crippen molar-refractivity contribution >= 4 is 12.0 Å². The molecular formula is C12H20N2O3. The van der Waals surface area contributed by atoms with Crippen molar-refractivity contribution in [2.45, 2.75) is 44.6 Å². The van der Waals surface area contributed by atoms with Gasteiger partial charge in [-0.3, -0.25) is 4.79 Å². The average Bonchev–Trinajstić information content (AvgIpc) is 2.35. The molecule has 0 aromatic rings. The Kier molecular flexibility index (Phi) is 3.86. The average molecular weight is 240 g/mol. The SMILES string of the molecule is O=C(O)CNC(=O)N1CCCC2CCCCC21. The molecule has 1 heterocycles. The number of aliphatic carboxylic acids is 1. The minimum absolute atomic E-state index is 0.205. The molecule has 17 heavy (non-hydrogen) atoms. The lowest BCUT2D eigenvalue weighted by Gasteiger charge is -2.43. The number of hydrogen-bond donors (Lipinski definition) is 2. The summed E-state index contributed by atoms with van der Waals surface area (Å²) in [6.07, 6.45) is 7.00. The van der Waals surface area contributed by atoms with Gasteiger partial charge in [0.1, 0.15) is 6.54 Å². The van der Waals surface area contributed by atoms with Crippen LogP contribution in [0.4, 0.5) is 4.79 Å². The molecule has 2 unspecified atom stereocenters. The van der Waals surface area contributed by atoms with Crippen molar-refractivity contribution in [3.05, 3.63) is 0 Å². The first-order valence-corrected chi connectivity index (χ1v) is 6.45. The van der Waals surface area contributed by atoms with Gasteiger partial charge in [0.2, 0.25) is 0 Å². The van der Waals surface area contributed by atoms with Crippen LogP contribution in [0.2, 0.25) is 0 Å². The van der Waals surface area contributed by atoms with E-state index in [2.05, 4.69) is 5.32 Å². The highest BCUT2D eigenvalue weighted by Crippen LogP contribution is 2.35. The molecule has 0 aromatic carbocycles. The molecule has 2 aliphatic rings. The number of rotatable bonds is 2. The fourth-order valence-corrected chi connectivity index (χ4v) is 3.13. The number of carboxylic acids is 1. The Bertz CT molecular complexity index is 304. The zero-order valence-corrected chi connectivity index (χ0v) is 10.0. The third kappa shape index (κ3) is 2.90. The minimum Gasteiger partial charge on any atom is -0.480 e. The van der Waals surface area contributed by atoms with Crippen molar-refractivity contribution in [3.63, 3.8) is 0 Å². The topological polar surface area (TPSA) is 69.6 Å². The van der Waals surface area contributed by atoms with Crippen LogP contribution in [-0.4, -0.2) is 41.1 Å². The highest BCUT2D eigenvalue weighted by Gasteiger charge is 2.35. The van der Waals surface area contributed by atoms with Crippen LogP contribution in [0.15, 0.2) is 0 Å². The highest BCUT2D eigenvalue weighted by molar-refractivity contribution is 5.80. The van der Waals surface area contributed by atoms with E-state index in [9.17, 15) is 9.59 Å². The van der Waals surface area contributed by atoms with Crippen LogP contribution >= 0.6 is 0 Å². The van der Waals surface area contributed by atoms with E-state index < -0.39 is 5.97 Å². The number of piperidine rings is 1. The normalized spacial score (nSPS) is 28.4. The lowest BCUT2D eigenvalue weighted by Crippen LogP contribution is -2.53. The van der Waals surface area contributed by atoms with Gasteiger partial charge in [-0.2, -0.15) is 0 Å². The molecule has 0 aromatic heterocycles. The lowest BCUT2D eigenvalue weighted by molar-refractivity contribution is -0.135. The first-order chi connectivity index (χ1) is 8.18. The smallest absolute Gasteiger partial charge is 0.323 e. The molecule has 5 heteroatoms. The Morgan fingerprint density at radius 3 is 2.65 bits per heavy atom. The third-order valence-corrected chi connectivity index (χ3v) is 3.89. The number of amides is 2. The van der Waals surface area contributed by atoms with Crippen LogP contribution in [0.5, 0.6) is 0 Å². The number of nitrogens with zero attached hydrogens (tertiary/aromatic N) is 1. The van der Waals surface area contributed by atoms with Crippen molar-refractivity contribution < 1.29 is 14.7 Å². The van der Waals surface area contributed by atoms with E-state index in [0.29, 0.717) is 12.0 Å². The Morgan fingerprint density at radius 2 is 1.88 bits per heavy atom. The summed E-state index contributed by atoms with van der Waals surface area (Å²) in [4.78, 5) is 24.2. The fraction of sp³-hybridized carbons (Fsp3) is 0.833. The maximum atomic E-state index is 11.9. The van der Waals surface area contributed by atoms with Crippen LogP contribution in [0, 0.1) is 5.92 Å². The zero-order valence-electron chi connectivity index (χ0n) is 10.0. The molecule has 0 spiro atoms. The molecule has 96 valence electrons. The largest absolute Gasteiger partial charge is 0.480 e. The van der Waals surface area contributed by atoms with Gasteiger partial charge in [-0.25, -0.2) is 4.79 Å². The van der Waals surface area contributed by atoms with E-state index in [0.717, 1.165) is 19.4 Å².